The third kappa shape index (κ3) is 1.87. The molecular weight excluding hydrogens is 250 g/mol. The minimum absolute atomic E-state index is 0.00528. The molecule has 0 aliphatic carbocycles. The van der Waals surface area contributed by atoms with E-state index in [0.29, 0.717) is 17.0 Å². The smallest absolute Gasteiger partial charge is 0.178 e. The molecule has 1 aliphatic rings. The molecular formula is C9H8ClN3O2S. The second-order valence-corrected chi connectivity index (χ2v) is 6.02. The number of benzene rings is 1. The zero-order valence-corrected chi connectivity index (χ0v) is 9.74. The molecule has 5 nitrogen and oxygen atoms in total. The minimum Gasteiger partial charge on any atom is -0.224 e. The molecule has 0 unspecified atom stereocenters. The van der Waals surface area contributed by atoms with E-state index in [1.165, 1.54) is 12.1 Å². The van der Waals surface area contributed by atoms with Crippen LogP contribution >= 0.6 is 11.6 Å². The first-order chi connectivity index (χ1) is 7.54. The number of sulfone groups is 1. The molecule has 84 valence electrons. The lowest BCUT2D eigenvalue weighted by molar-refractivity contribution is 0.568. The van der Waals surface area contributed by atoms with Gasteiger partial charge < -0.3 is 0 Å². The molecule has 0 spiro atoms. The Labute approximate surface area is 97.6 Å². The summed E-state index contributed by atoms with van der Waals surface area (Å²) < 4.78 is 23.5. The second-order valence-electron chi connectivity index (χ2n) is 3.51. The SMILES string of the molecule is [N-]=[N+]=N[C@@H]1CCS(=O)(=O)c2ccc(Cl)cc21. The van der Waals surface area contributed by atoms with Crippen molar-refractivity contribution in [2.24, 2.45) is 5.11 Å². The van der Waals surface area contributed by atoms with Crippen molar-refractivity contribution in [3.8, 4) is 0 Å². The molecule has 0 N–H and O–H groups in total. The van der Waals surface area contributed by atoms with Crippen molar-refractivity contribution < 1.29 is 8.42 Å². The van der Waals surface area contributed by atoms with Crippen LogP contribution in [0.5, 0.6) is 0 Å². The topological polar surface area (TPSA) is 82.9 Å². The predicted octanol–water partition coefficient (Wildman–Crippen LogP) is 2.87. The van der Waals surface area contributed by atoms with Gasteiger partial charge in [-0.2, -0.15) is 0 Å². The van der Waals surface area contributed by atoms with Gasteiger partial charge in [-0.3, -0.25) is 0 Å². The molecule has 0 amide bonds. The van der Waals surface area contributed by atoms with Crippen LogP contribution in [0.25, 0.3) is 10.4 Å². The third-order valence-corrected chi connectivity index (χ3v) is 4.57. The highest BCUT2D eigenvalue weighted by molar-refractivity contribution is 7.91. The number of nitrogens with zero attached hydrogens (tertiary/aromatic N) is 3. The number of hydrogen-bond donors (Lipinski definition) is 0. The van der Waals surface area contributed by atoms with Gasteiger partial charge in [0.1, 0.15) is 0 Å². The van der Waals surface area contributed by atoms with Crippen LogP contribution in [-0.4, -0.2) is 14.2 Å². The lowest BCUT2D eigenvalue weighted by Crippen LogP contribution is -2.18. The fourth-order valence-electron chi connectivity index (χ4n) is 1.78. The molecule has 7 heteroatoms. The van der Waals surface area contributed by atoms with E-state index in [2.05, 4.69) is 10.0 Å². The first-order valence-electron chi connectivity index (χ1n) is 4.61. The van der Waals surface area contributed by atoms with Gasteiger partial charge in [0.2, 0.25) is 0 Å². The van der Waals surface area contributed by atoms with E-state index < -0.39 is 15.9 Å². The average Bonchev–Trinajstić information content (AvgIpc) is 2.22. The molecule has 0 radical (unpaired) electrons. The van der Waals surface area contributed by atoms with Crippen LogP contribution in [-0.2, 0) is 9.84 Å². The monoisotopic (exact) mass is 257 g/mol. The summed E-state index contributed by atoms with van der Waals surface area (Å²) in [6, 6.07) is 4.09. The van der Waals surface area contributed by atoms with E-state index in [-0.39, 0.29) is 10.6 Å². The molecule has 0 aromatic heterocycles. The maximum absolute atomic E-state index is 11.8. The van der Waals surface area contributed by atoms with Crippen molar-refractivity contribution in [2.75, 3.05) is 5.75 Å². The lowest BCUT2D eigenvalue weighted by Gasteiger charge is -2.21. The summed E-state index contributed by atoms with van der Waals surface area (Å²) in [5.74, 6) is 0.00528. The molecule has 0 saturated carbocycles. The molecule has 2 rings (SSSR count). The molecule has 1 aliphatic heterocycles. The Morgan fingerprint density at radius 2 is 2.25 bits per heavy atom. The summed E-state index contributed by atoms with van der Waals surface area (Å²) in [7, 11) is -3.25. The van der Waals surface area contributed by atoms with Crippen LogP contribution in [0.1, 0.15) is 18.0 Å². The van der Waals surface area contributed by atoms with E-state index in [1.807, 2.05) is 0 Å². The highest BCUT2D eigenvalue weighted by Gasteiger charge is 2.29. The molecule has 0 bridgehead atoms. The Kier molecular flexibility index (Phi) is 2.80. The standard InChI is InChI=1S/C9H8ClN3O2S/c10-6-1-2-9-7(5-6)8(12-13-11)3-4-16(9,14)15/h1-2,5,8H,3-4H2/t8-/m1/s1. The highest BCUT2D eigenvalue weighted by atomic mass is 35.5. The van der Waals surface area contributed by atoms with Gasteiger partial charge in [-0.25, -0.2) is 8.42 Å². The molecule has 1 aromatic rings. The Morgan fingerprint density at radius 1 is 1.50 bits per heavy atom. The molecule has 1 aromatic carbocycles. The number of hydrogen-bond acceptors (Lipinski definition) is 3. The molecule has 1 atom stereocenters. The van der Waals surface area contributed by atoms with E-state index in [4.69, 9.17) is 17.1 Å². The molecule has 0 fully saturated rings. The van der Waals surface area contributed by atoms with E-state index >= 15 is 0 Å². The minimum atomic E-state index is -3.25. The van der Waals surface area contributed by atoms with Crippen molar-refractivity contribution in [1.29, 1.82) is 0 Å². The number of rotatable bonds is 1. The Balaban J connectivity index is 2.67. The van der Waals surface area contributed by atoms with Gasteiger partial charge in [-0.1, -0.05) is 16.7 Å². The number of halogens is 1. The van der Waals surface area contributed by atoms with Crippen LogP contribution in [0.2, 0.25) is 5.02 Å². The van der Waals surface area contributed by atoms with Crippen LogP contribution in [0.3, 0.4) is 0 Å². The number of fused-ring (bicyclic) bond motifs is 1. The fraction of sp³-hybridized carbons (Fsp3) is 0.333. The molecule has 1 heterocycles. The van der Waals surface area contributed by atoms with Gasteiger partial charge in [0.25, 0.3) is 0 Å². The zero-order valence-electron chi connectivity index (χ0n) is 8.17. The highest BCUT2D eigenvalue weighted by Crippen LogP contribution is 2.36. The lowest BCUT2D eigenvalue weighted by atomic mass is 10.1. The van der Waals surface area contributed by atoms with Crippen LogP contribution < -0.4 is 0 Å². The largest absolute Gasteiger partial charge is 0.224 e. The first-order valence-corrected chi connectivity index (χ1v) is 6.64. The van der Waals surface area contributed by atoms with Crippen molar-refractivity contribution in [2.45, 2.75) is 17.4 Å². The quantitative estimate of drug-likeness (QED) is 0.440. The van der Waals surface area contributed by atoms with E-state index in [1.54, 1.807) is 6.07 Å². The normalized spacial score (nSPS) is 21.9. The summed E-state index contributed by atoms with van der Waals surface area (Å²) in [6.45, 7) is 0. The summed E-state index contributed by atoms with van der Waals surface area (Å²) in [6.07, 6.45) is 0.305. The van der Waals surface area contributed by atoms with Crippen LogP contribution in [0, 0.1) is 0 Å². The van der Waals surface area contributed by atoms with E-state index in [0.717, 1.165) is 0 Å². The Bertz CT molecular complexity index is 578. The van der Waals surface area contributed by atoms with E-state index in [9.17, 15) is 8.42 Å². The van der Waals surface area contributed by atoms with Crippen LogP contribution in [0.15, 0.2) is 28.2 Å². The maximum Gasteiger partial charge on any atom is 0.178 e. The summed E-state index contributed by atoms with van der Waals surface area (Å²) >= 11 is 5.81. The Hall–Kier alpha value is -1.23. The molecule has 0 saturated heterocycles. The average molecular weight is 258 g/mol. The van der Waals surface area contributed by atoms with Crippen molar-refractivity contribution in [3.05, 3.63) is 39.2 Å². The van der Waals surface area contributed by atoms with Crippen LogP contribution in [0.4, 0.5) is 0 Å². The van der Waals surface area contributed by atoms with Gasteiger partial charge in [0.05, 0.1) is 16.7 Å². The summed E-state index contributed by atoms with van der Waals surface area (Å²) in [5.41, 5.74) is 8.92. The van der Waals surface area contributed by atoms with Crippen molar-refractivity contribution in [1.82, 2.24) is 0 Å². The Morgan fingerprint density at radius 3 is 2.94 bits per heavy atom. The fourth-order valence-corrected chi connectivity index (χ4v) is 3.54. The maximum atomic E-state index is 11.8. The zero-order chi connectivity index (χ0) is 11.8. The van der Waals surface area contributed by atoms with Gasteiger partial charge in [-0.05, 0) is 35.7 Å². The molecule has 16 heavy (non-hydrogen) atoms. The predicted molar refractivity (Wildman–Crippen MR) is 60.0 cm³/mol. The summed E-state index contributed by atoms with van der Waals surface area (Å²) in [5, 5.41) is 4.03. The van der Waals surface area contributed by atoms with Gasteiger partial charge in [0, 0.05) is 9.93 Å². The van der Waals surface area contributed by atoms with Gasteiger partial charge in [-0.15, -0.1) is 0 Å². The van der Waals surface area contributed by atoms with Crippen molar-refractivity contribution >= 4 is 21.4 Å². The second kappa shape index (κ2) is 3.97. The van der Waals surface area contributed by atoms with Gasteiger partial charge in [0.15, 0.2) is 9.84 Å². The number of azide groups is 1. The third-order valence-electron chi connectivity index (χ3n) is 2.52. The van der Waals surface area contributed by atoms with Crippen molar-refractivity contribution in [3.63, 3.8) is 0 Å². The van der Waals surface area contributed by atoms with Gasteiger partial charge >= 0.3 is 0 Å². The first kappa shape index (κ1) is 11.3. The summed E-state index contributed by atoms with van der Waals surface area (Å²) in [4.78, 5) is 2.95.